The summed E-state index contributed by atoms with van der Waals surface area (Å²) in [6.07, 6.45) is -5.45. The number of fused-ring (bicyclic) bond motifs is 1. The van der Waals surface area contributed by atoms with E-state index in [1.54, 1.807) is 24.3 Å². The molecule has 0 aromatic heterocycles. The number of aryl methyl sites for hydroxylation is 1. The number of benzene rings is 1. The van der Waals surface area contributed by atoms with Crippen molar-refractivity contribution in [3.8, 4) is 5.75 Å². The Balaban J connectivity index is 2.22. The van der Waals surface area contributed by atoms with Crippen LogP contribution in [0.5, 0.6) is 5.75 Å². The molecule has 76 valence electrons. The van der Waals surface area contributed by atoms with Crippen LogP contribution in [0.4, 0.5) is 13.2 Å². The van der Waals surface area contributed by atoms with Crippen molar-refractivity contribution in [2.45, 2.75) is 25.1 Å². The van der Waals surface area contributed by atoms with Crippen molar-refractivity contribution in [1.82, 2.24) is 0 Å². The molecule has 0 fully saturated rings. The highest BCUT2D eigenvalue weighted by atomic mass is 19.4. The second-order valence-electron chi connectivity index (χ2n) is 3.29. The average Bonchev–Trinajstić information content (AvgIpc) is 2.16. The minimum absolute atomic E-state index is 0.0144. The van der Waals surface area contributed by atoms with Crippen LogP contribution in [0.2, 0.25) is 0 Å². The first kappa shape index (κ1) is 9.37. The van der Waals surface area contributed by atoms with E-state index in [0.717, 1.165) is 5.56 Å². The molecular weight excluding hydrogens is 193 g/mol. The highest BCUT2D eigenvalue weighted by molar-refractivity contribution is 5.35. The molecule has 1 aromatic rings. The summed E-state index contributed by atoms with van der Waals surface area (Å²) in [7, 11) is 0. The molecule has 0 spiro atoms. The fraction of sp³-hybridized carbons (Fsp3) is 0.400. The van der Waals surface area contributed by atoms with Gasteiger partial charge in [-0.15, -0.1) is 0 Å². The van der Waals surface area contributed by atoms with Crippen LogP contribution in [0, 0.1) is 0 Å². The minimum atomic E-state index is -4.26. The van der Waals surface area contributed by atoms with Gasteiger partial charge in [-0.05, 0) is 24.5 Å². The van der Waals surface area contributed by atoms with Crippen molar-refractivity contribution < 1.29 is 17.9 Å². The van der Waals surface area contributed by atoms with Crippen molar-refractivity contribution in [2.75, 3.05) is 0 Å². The van der Waals surface area contributed by atoms with E-state index < -0.39 is 12.3 Å². The predicted octanol–water partition coefficient (Wildman–Crippen LogP) is 2.94. The van der Waals surface area contributed by atoms with E-state index in [1.165, 1.54) is 0 Å². The number of hydrogen-bond acceptors (Lipinski definition) is 1. The van der Waals surface area contributed by atoms with Gasteiger partial charge in [0, 0.05) is 0 Å². The van der Waals surface area contributed by atoms with E-state index in [0.29, 0.717) is 12.2 Å². The molecule has 0 saturated heterocycles. The van der Waals surface area contributed by atoms with Crippen LogP contribution in [0.25, 0.3) is 0 Å². The van der Waals surface area contributed by atoms with E-state index in [2.05, 4.69) is 0 Å². The van der Waals surface area contributed by atoms with Gasteiger partial charge < -0.3 is 4.74 Å². The molecule has 0 saturated carbocycles. The number of alkyl halides is 3. The van der Waals surface area contributed by atoms with Crippen LogP contribution in [-0.4, -0.2) is 12.3 Å². The first-order chi connectivity index (χ1) is 6.57. The van der Waals surface area contributed by atoms with Crippen LogP contribution in [-0.2, 0) is 6.42 Å². The number of hydrogen-bond donors (Lipinski definition) is 0. The van der Waals surface area contributed by atoms with Crippen molar-refractivity contribution in [2.24, 2.45) is 0 Å². The molecule has 0 aliphatic carbocycles. The summed E-state index contributed by atoms with van der Waals surface area (Å²) in [6.45, 7) is 0. The molecule has 1 aliphatic heterocycles. The Bertz CT molecular complexity index is 332. The highest BCUT2D eigenvalue weighted by Gasteiger charge is 2.43. The number of para-hydroxylation sites is 1. The van der Waals surface area contributed by atoms with Crippen molar-refractivity contribution in [3.63, 3.8) is 0 Å². The molecule has 1 nitrogen and oxygen atoms in total. The first-order valence-corrected chi connectivity index (χ1v) is 4.38. The monoisotopic (exact) mass is 202 g/mol. The fourth-order valence-corrected chi connectivity index (χ4v) is 1.55. The summed E-state index contributed by atoms with van der Waals surface area (Å²) in [6, 6.07) is 6.85. The third kappa shape index (κ3) is 1.69. The zero-order valence-electron chi connectivity index (χ0n) is 7.34. The molecule has 1 heterocycles. The Morgan fingerprint density at radius 3 is 2.64 bits per heavy atom. The Morgan fingerprint density at radius 2 is 1.93 bits per heavy atom. The summed E-state index contributed by atoms with van der Waals surface area (Å²) in [5.41, 5.74) is 0.855. The summed E-state index contributed by atoms with van der Waals surface area (Å²) in [5.74, 6) is 0.362. The van der Waals surface area contributed by atoms with Gasteiger partial charge in [0.05, 0.1) is 0 Å². The maximum absolute atomic E-state index is 12.3. The van der Waals surface area contributed by atoms with Crippen LogP contribution in [0.1, 0.15) is 12.0 Å². The van der Waals surface area contributed by atoms with Crippen LogP contribution >= 0.6 is 0 Å². The number of halogens is 3. The topological polar surface area (TPSA) is 9.23 Å². The second-order valence-corrected chi connectivity index (χ2v) is 3.29. The van der Waals surface area contributed by atoms with Gasteiger partial charge >= 0.3 is 6.18 Å². The number of rotatable bonds is 0. The quantitative estimate of drug-likeness (QED) is 0.628. The van der Waals surface area contributed by atoms with E-state index in [1.807, 2.05) is 0 Å². The molecule has 0 unspecified atom stereocenters. The molecule has 2 rings (SSSR count). The van der Waals surface area contributed by atoms with Crippen LogP contribution < -0.4 is 4.74 Å². The molecule has 0 radical (unpaired) electrons. The van der Waals surface area contributed by atoms with Crippen molar-refractivity contribution in [3.05, 3.63) is 29.8 Å². The first-order valence-electron chi connectivity index (χ1n) is 4.38. The summed E-state index contributed by atoms with van der Waals surface area (Å²) < 4.78 is 41.8. The van der Waals surface area contributed by atoms with Crippen LogP contribution in [0.15, 0.2) is 24.3 Å². The Labute approximate surface area is 79.5 Å². The van der Waals surface area contributed by atoms with Gasteiger partial charge in [-0.25, -0.2) is 0 Å². The van der Waals surface area contributed by atoms with E-state index in [4.69, 9.17) is 4.74 Å². The molecule has 0 N–H and O–H groups in total. The summed E-state index contributed by atoms with van der Waals surface area (Å²) >= 11 is 0. The van der Waals surface area contributed by atoms with Crippen molar-refractivity contribution >= 4 is 0 Å². The lowest BCUT2D eigenvalue weighted by Crippen LogP contribution is -2.37. The van der Waals surface area contributed by atoms with E-state index >= 15 is 0 Å². The molecule has 1 aliphatic rings. The fourth-order valence-electron chi connectivity index (χ4n) is 1.55. The molecule has 14 heavy (non-hydrogen) atoms. The minimum Gasteiger partial charge on any atom is -0.481 e. The maximum atomic E-state index is 12.3. The van der Waals surface area contributed by atoms with E-state index in [9.17, 15) is 13.2 Å². The Morgan fingerprint density at radius 1 is 1.21 bits per heavy atom. The molecule has 0 amide bonds. The zero-order chi connectivity index (χ0) is 10.2. The summed E-state index contributed by atoms with van der Waals surface area (Å²) in [5, 5.41) is 0. The van der Waals surface area contributed by atoms with Gasteiger partial charge in [-0.1, -0.05) is 18.2 Å². The standard InChI is InChI=1S/C10H9F3O/c11-10(12,13)9-6-5-7-3-1-2-4-8(7)14-9/h1-4,9H,5-6H2/t9-/m0/s1. The van der Waals surface area contributed by atoms with E-state index in [-0.39, 0.29) is 6.42 Å². The van der Waals surface area contributed by atoms with Crippen molar-refractivity contribution in [1.29, 1.82) is 0 Å². The van der Waals surface area contributed by atoms with Gasteiger partial charge in [-0.3, -0.25) is 0 Å². The lowest BCUT2D eigenvalue weighted by molar-refractivity contribution is -0.199. The van der Waals surface area contributed by atoms with Gasteiger partial charge in [0.1, 0.15) is 5.75 Å². The van der Waals surface area contributed by atoms with Crippen LogP contribution in [0.3, 0.4) is 0 Å². The molecule has 1 aromatic carbocycles. The molecule has 1 atom stereocenters. The highest BCUT2D eigenvalue weighted by Crippen LogP contribution is 2.34. The molecule has 4 heteroatoms. The number of ether oxygens (including phenoxy) is 1. The predicted molar refractivity (Wildman–Crippen MR) is 45.2 cm³/mol. The van der Waals surface area contributed by atoms with Gasteiger partial charge in [-0.2, -0.15) is 13.2 Å². The SMILES string of the molecule is FC(F)(F)[C@@H]1CCc2ccccc2O1. The third-order valence-corrected chi connectivity index (χ3v) is 2.28. The zero-order valence-corrected chi connectivity index (χ0v) is 7.34. The third-order valence-electron chi connectivity index (χ3n) is 2.28. The Hall–Kier alpha value is -1.19. The largest absolute Gasteiger partial charge is 0.481 e. The van der Waals surface area contributed by atoms with Gasteiger partial charge in [0.15, 0.2) is 6.10 Å². The van der Waals surface area contributed by atoms with Gasteiger partial charge in [0.25, 0.3) is 0 Å². The second kappa shape index (κ2) is 3.19. The lowest BCUT2D eigenvalue weighted by atomic mass is 10.0. The molecular formula is C10H9F3O. The average molecular weight is 202 g/mol. The van der Waals surface area contributed by atoms with Gasteiger partial charge in [0.2, 0.25) is 0 Å². The molecule has 0 bridgehead atoms. The Kier molecular flexibility index (Phi) is 2.13. The summed E-state index contributed by atoms with van der Waals surface area (Å²) in [4.78, 5) is 0. The maximum Gasteiger partial charge on any atom is 0.425 e. The lowest BCUT2D eigenvalue weighted by Gasteiger charge is -2.27. The smallest absolute Gasteiger partial charge is 0.425 e. The normalized spacial score (nSPS) is 21.2.